The molecule has 1 aromatic rings. The zero-order valence-corrected chi connectivity index (χ0v) is 11.1. The first kappa shape index (κ1) is 11.9. The average molecular weight is 244 g/mol. The van der Waals surface area contributed by atoms with E-state index in [0.29, 0.717) is 0 Å². The highest BCUT2D eigenvalue weighted by atomic mass is 16.5. The van der Waals surface area contributed by atoms with E-state index in [-0.39, 0.29) is 22.9 Å². The third-order valence-corrected chi connectivity index (χ3v) is 4.70. The van der Waals surface area contributed by atoms with Crippen molar-refractivity contribution in [2.45, 2.75) is 50.7 Å². The number of ketones is 1. The topological polar surface area (TPSA) is 26.3 Å². The van der Waals surface area contributed by atoms with Crippen LogP contribution in [0.2, 0.25) is 0 Å². The van der Waals surface area contributed by atoms with Crippen LogP contribution >= 0.6 is 0 Å². The molecule has 2 aliphatic heterocycles. The quantitative estimate of drug-likeness (QED) is 0.743. The number of hydrogen-bond donors (Lipinski definition) is 0. The number of hydrogen-bond acceptors (Lipinski definition) is 2. The average Bonchev–Trinajstić information content (AvgIpc) is 2.61. The van der Waals surface area contributed by atoms with E-state index in [9.17, 15) is 4.79 Å². The normalized spacial score (nSPS) is 38.7. The number of carbonyl (C=O) groups is 1. The summed E-state index contributed by atoms with van der Waals surface area (Å²) in [5.74, 6) is 0.275. The molecule has 2 saturated heterocycles. The van der Waals surface area contributed by atoms with E-state index in [2.05, 4.69) is 13.8 Å². The third-order valence-electron chi connectivity index (χ3n) is 4.70. The first-order valence-electron chi connectivity index (χ1n) is 6.82. The van der Waals surface area contributed by atoms with Gasteiger partial charge in [0, 0.05) is 5.56 Å². The molecule has 0 aliphatic carbocycles. The number of rotatable bonds is 2. The molecular formula is C16H20O2. The molecule has 0 unspecified atom stereocenters. The summed E-state index contributed by atoms with van der Waals surface area (Å²) >= 11 is 0. The molecule has 2 heteroatoms. The number of ether oxygens (including phenoxy) is 1. The molecule has 2 bridgehead atoms. The van der Waals surface area contributed by atoms with Crippen LogP contribution in [0.1, 0.15) is 49.9 Å². The Morgan fingerprint density at radius 1 is 1.17 bits per heavy atom. The van der Waals surface area contributed by atoms with Crippen LogP contribution in [0.4, 0.5) is 0 Å². The fourth-order valence-electron chi connectivity index (χ4n) is 3.57. The Kier molecular flexibility index (Phi) is 2.60. The lowest BCUT2D eigenvalue weighted by Gasteiger charge is -2.41. The van der Waals surface area contributed by atoms with Crippen molar-refractivity contribution in [3.05, 3.63) is 35.9 Å². The van der Waals surface area contributed by atoms with Gasteiger partial charge in [-0.05, 0) is 39.5 Å². The van der Waals surface area contributed by atoms with E-state index in [1.54, 1.807) is 0 Å². The number of fused-ring (bicyclic) bond motifs is 2. The van der Waals surface area contributed by atoms with Gasteiger partial charge in [0.2, 0.25) is 0 Å². The molecular weight excluding hydrogens is 224 g/mol. The number of benzene rings is 1. The Labute approximate surface area is 108 Å². The molecule has 0 aromatic heterocycles. The van der Waals surface area contributed by atoms with Crippen molar-refractivity contribution >= 4 is 5.78 Å². The predicted molar refractivity (Wildman–Crippen MR) is 70.6 cm³/mol. The second-order valence-electron chi connectivity index (χ2n) is 6.19. The predicted octanol–water partition coefficient (Wildman–Crippen LogP) is 3.61. The van der Waals surface area contributed by atoms with Crippen LogP contribution in [-0.2, 0) is 4.74 Å². The van der Waals surface area contributed by atoms with E-state index < -0.39 is 0 Å². The van der Waals surface area contributed by atoms with Crippen molar-refractivity contribution < 1.29 is 9.53 Å². The summed E-state index contributed by atoms with van der Waals surface area (Å²) in [6.45, 7) is 4.30. The van der Waals surface area contributed by atoms with Crippen LogP contribution in [0.15, 0.2) is 30.3 Å². The largest absolute Gasteiger partial charge is 0.368 e. The summed E-state index contributed by atoms with van der Waals surface area (Å²) in [6.07, 6.45) is 4.06. The minimum absolute atomic E-state index is 0.0161. The van der Waals surface area contributed by atoms with Gasteiger partial charge in [-0.1, -0.05) is 30.3 Å². The Morgan fingerprint density at radius 2 is 1.89 bits per heavy atom. The minimum Gasteiger partial charge on any atom is -0.368 e. The van der Waals surface area contributed by atoms with Crippen LogP contribution in [0.5, 0.6) is 0 Å². The minimum atomic E-state index is -0.250. The molecule has 2 heterocycles. The summed E-state index contributed by atoms with van der Waals surface area (Å²) in [6, 6.07) is 9.63. The van der Waals surface area contributed by atoms with E-state index in [4.69, 9.17) is 4.74 Å². The van der Waals surface area contributed by atoms with Gasteiger partial charge in [0.05, 0.1) is 17.1 Å². The van der Waals surface area contributed by atoms with Gasteiger partial charge in [-0.2, -0.15) is 0 Å². The monoisotopic (exact) mass is 244 g/mol. The molecule has 3 atom stereocenters. The lowest BCUT2D eigenvalue weighted by molar-refractivity contribution is -0.140. The van der Waals surface area contributed by atoms with Crippen LogP contribution in [0.3, 0.4) is 0 Å². The highest BCUT2D eigenvalue weighted by Crippen LogP contribution is 2.51. The fraction of sp³-hybridized carbons (Fsp3) is 0.562. The summed E-state index contributed by atoms with van der Waals surface area (Å²) in [4.78, 5) is 12.6. The van der Waals surface area contributed by atoms with Crippen molar-refractivity contribution in [3.8, 4) is 0 Å². The van der Waals surface area contributed by atoms with Crippen molar-refractivity contribution in [3.63, 3.8) is 0 Å². The van der Waals surface area contributed by atoms with Gasteiger partial charge in [-0.3, -0.25) is 4.79 Å². The maximum absolute atomic E-state index is 12.6. The van der Waals surface area contributed by atoms with Crippen LogP contribution in [0, 0.1) is 5.92 Å². The molecule has 2 nitrogen and oxygen atoms in total. The van der Waals surface area contributed by atoms with E-state index >= 15 is 0 Å². The van der Waals surface area contributed by atoms with Gasteiger partial charge in [0.15, 0.2) is 5.78 Å². The SMILES string of the molecule is C[C@@]12CC[C@@H](C(=O)c3ccccc3)[C@](C)(CC1)O2. The van der Waals surface area contributed by atoms with Crippen molar-refractivity contribution in [2.24, 2.45) is 5.92 Å². The number of Topliss-reactive ketones (excluding diaryl/α,β-unsaturated/α-hetero) is 1. The summed E-state index contributed by atoms with van der Waals surface area (Å²) in [5.41, 5.74) is 0.588. The smallest absolute Gasteiger partial charge is 0.168 e. The third kappa shape index (κ3) is 1.79. The molecule has 0 spiro atoms. The van der Waals surface area contributed by atoms with Gasteiger partial charge in [-0.15, -0.1) is 0 Å². The summed E-state index contributed by atoms with van der Waals surface area (Å²) in [7, 11) is 0. The molecule has 2 fully saturated rings. The van der Waals surface area contributed by atoms with Crippen molar-refractivity contribution in [1.29, 1.82) is 0 Å². The Balaban J connectivity index is 1.88. The highest BCUT2D eigenvalue weighted by Gasteiger charge is 2.54. The second kappa shape index (κ2) is 3.92. The van der Waals surface area contributed by atoms with E-state index in [0.717, 1.165) is 31.2 Å². The molecule has 0 saturated carbocycles. The van der Waals surface area contributed by atoms with E-state index in [1.165, 1.54) is 0 Å². The fourth-order valence-corrected chi connectivity index (χ4v) is 3.57. The number of carbonyl (C=O) groups excluding carboxylic acids is 1. The summed E-state index contributed by atoms with van der Waals surface area (Å²) in [5, 5.41) is 0. The van der Waals surface area contributed by atoms with Gasteiger partial charge in [-0.25, -0.2) is 0 Å². The highest BCUT2D eigenvalue weighted by molar-refractivity contribution is 5.98. The maximum Gasteiger partial charge on any atom is 0.168 e. The lowest BCUT2D eigenvalue weighted by atomic mass is 9.78. The summed E-state index contributed by atoms with van der Waals surface area (Å²) < 4.78 is 6.21. The maximum atomic E-state index is 12.6. The van der Waals surface area contributed by atoms with Gasteiger partial charge in [0.1, 0.15) is 0 Å². The molecule has 0 amide bonds. The van der Waals surface area contributed by atoms with Crippen molar-refractivity contribution in [2.75, 3.05) is 0 Å². The van der Waals surface area contributed by atoms with Gasteiger partial charge < -0.3 is 4.74 Å². The first-order chi connectivity index (χ1) is 8.53. The standard InChI is InChI=1S/C16H20O2/c1-15-9-8-13(16(2,18-15)11-10-15)14(17)12-6-4-3-5-7-12/h3-7,13H,8-11H2,1-2H3/t13-,15+,16-/m0/s1. The molecule has 2 aliphatic rings. The molecule has 96 valence electrons. The zero-order chi connectivity index (χ0) is 12.8. The van der Waals surface area contributed by atoms with E-state index in [1.807, 2.05) is 30.3 Å². The zero-order valence-electron chi connectivity index (χ0n) is 11.1. The Hall–Kier alpha value is -1.15. The second-order valence-corrected chi connectivity index (χ2v) is 6.19. The first-order valence-corrected chi connectivity index (χ1v) is 6.82. The lowest BCUT2D eigenvalue weighted by Crippen LogP contribution is -2.46. The van der Waals surface area contributed by atoms with Crippen LogP contribution in [0.25, 0.3) is 0 Å². The van der Waals surface area contributed by atoms with Gasteiger partial charge in [0.25, 0.3) is 0 Å². The molecule has 18 heavy (non-hydrogen) atoms. The van der Waals surface area contributed by atoms with Crippen LogP contribution in [-0.4, -0.2) is 17.0 Å². The van der Waals surface area contributed by atoms with Crippen LogP contribution < -0.4 is 0 Å². The molecule has 0 radical (unpaired) electrons. The Morgan fingerprint density at radius 3 is 2.61 bits per heavy atom. The van der Waals surface area contributed by atoms with Crippen molar-refractivity contribution in [1.82, 2.24) is 0 Å². The molecule has 3 rings (SSSR count). The van der Waals surface area contributed by atoms with Gasteiger partial charge >= 0.3 is 0 Å². The Bertz CT molecular complexity index is 467. The molecule has 0 N–H and O–H groups in total. The molecule has 1 aromatic carbocycles.